The van der Waals surface area contributed by atoms with E-state index in [-0.39, 0.29) is 23.2 Å². The molecule has 0 aliphatic heterocycles. The van der Waals surface area contributed by atoms with E-state index in [1.165, 1.54) is 12.1 Å². The topological polar surface area (TPSA) is 90.5 Å². The van der Waals surface area contributed by atoms with Crippen LogP contribution in [0.2, 0.25) is 0 Å². The van der Waals surface area contributed by atoms with Crippen LogP contribution in [0.15, 0.2) is 61.1 Å². The third kappa shape index (κ3) is 4.39. The van der Waals surface area contributed by atoms with Crippen molar-refractivity contribution in [2.45, 2.75) is 39.3 Å². The van der Waals surface area contributed by atoms with Gasteiger partial charge in [-0.15, -0.1) is 5.10 Å². The zero-order chi connectivity index (χ0) is 23.0. The smallest absolute Gasteiger partial charge is 0.251 e. The molecule has 0 saturated heterocycles. The first kappa shape index (κ1) is 21.0. The van der Waals surface area contributed by atoms with Crippen LogP contribution in [0.3, 0.4) is 0 Å². The summed E-state index contributed by atoms with van der Waals surface area (Å²) in [5, 5.41) is 18.9. The summed E-state index contributed by atoms with van der Waals surface area (Å²) < 4.78 is 16.9. The van der Waals surface area contributed by atoms with Crippen molar-refractivity contribution in [3.63, 3.8) is 0 Å². The lowest BCUT2D eigenvalue weighted by Gasteiger charge is -2.36. The van der Waals surface area contributed by atoms with Crippen molar-refractivity contribution < 1.29 is 9.18 Å². The number of carbonyl (C=O) groups is 1. The average molecular weight is 446 g/mol. The van der Waals surface area contributed by atoms with E-state index < -0.39 is 0 Å². The highest BCUT2D eigenvalue weighted by Gasteiger charge is 2.36. The van der Waals surface area contributed by atoms with Crippen LogP contribution in [-0.4, -0.2) is 35.9 Å². The number of halogens is 1. The summed E-state index contributed by atoms with van der Waals surface area (Å²) in [6.07, 6.45) is 4.99. The highest BCUT2D eigenvalue weighted by Crippen LogP contribution is 2.41. The van der Waals surface area contributed by atoms with Crippen molar-refractivity contribution in [1.82, 2.24) is 35.3 Å². The predicted octanol–water partition coefficient (Wildman–Crippen LogP) is 3.49. The fourth-order valence-electron chi connectivity index (χ4n) is 4.42. The fourth-order valence-corrected chi connectivity index (χ4v) is 4.42. The Morgan fingerprint density at radius 3 is 2.61 bits per heavy atom. The minimum atomic E-state index is -0.283. The maximum absolute atomic E-state index is 13.4. The van der Waals surface area contributed by atoms with Gasteiger partial charge >= 0.3 is 0 Å². The van der Waals surface area contributed by atoms with E-state index in [1.54, 1.807) is 23.1 Å². The number of hydrogen-bond donors (Lipinski definition) is 1. The highest BCUT2D eigenvalue weighted by molar-refractivity contribution is 5.94. The van der Waals surface area contributed by atoms with Gasteiger partial charge in [0.15, 0.2) is 0 Å². The Morgan fingerprint density at radius 1 is 1.15 bits per heavy atom. The standard InChI is InChI=1S/C24H24FN7O/c1-24(2)11-21(20-13-27-32(22(20)12-24)19-9-7-18(25)8-10-19)28-23(33)17-5-3-16(4-6-17)14-31-15-26-29-30-31/h3-10,13,15,21H,11-12,14H2,1-2H3,(H,28,33)/t21-/m1/s1. The molecule has 33 heavy (non-hydrogen) atoms. The van der Waals surface area contributed by atoms with E-state index >= 15 is 0 Å². The van der Waals surface area contributed by atoms with Crippen molar-refractivity contribution in [2.24, 2.45) is 5.41 Å². The van der Waals surface area contributed by atoms with Gasteiger partial charge in [-0.3, -0.25) is 4.79 Å². The van der Waals surface area contributed by atoms with Crippen molar-refractivity contribution in [1.29, 1.82) is 0 Å². The van der Waals surface area contributed by atoms with E-state index in [2.05, 4.69) is 39.8 Å². The molecule has 4 aromatic rings. The van der Waals surface area contributed by atoms with Crippen LogP contribution in [0.4, 0.5) is 4.39 Å². The summed E-state index contributed by atoms with van der Waals surface area (Å²) in [6, 6.07) is 13.6. The first-order valence-electron chi connectivity index (χ1n) is 10.8. The molecule has 1 atom stereocenters. The minimum absolute atomic E-state index is 0.0293. The summed E-state index contributed by atoms with van der Waals surface area (Å²) in [4.78, 5) is 13.1. The molecule has 1 aliphatic rings. The van der Waals surface area contributed by atoms with Crippen LogP contribution in [0.25, 0.3) is 5.69 Å². The molecule has 0 unspecified atom stereocenters. The summed E-state index contributed by atoms with van der Waals surface area (Å²) in [6.45, 7) is 4.91. The van der Waals surface area contributed by atoms with Gasteiger partial charge in [0.05, 0.1) is 30.2 Å². The number of amides is 1. The second-order valence-electron chi connectivity index (χ2n) is 9.21. The zero-order valence-corrected chi connectivity index (χ0v) is 18.4. The Balaban J connectivity index is 1.36. The van der Waals surface area contributed by atoms with Gasteiger partial charge in [-0.2, -0.15) is 5.10 Å². The molecule has 0 radical (unpaired) electrons. The molecular weight excluding hydrogens is 421 g/mol. The molecule has 1 aliphatic carbocycles. The molecule has 0 spiro atoms. The second kappa shape index (κ2) is 8.23. The van der Waals surface area contributed by atoms with Gasteiger partial charge in [0.25, 0.3) is 5.91 Å². The molecule has 5 rings (SSSR count). The minimum Gasteiger partial charge on any atom is -0.345 e. The quantitative estimate of drug-likeness (QED) is 0.508. The maximum Gasteiger partial charge on any atom is 0.251 e. The van der Waals surface area contributed by atoms with Crippen LogP contribution in [-0.2, 0) is 13.0 Å². The first-order valence-corrected chi connectivity index (χ1v) is 10.8. The highest BCUT2D eigenvalue weighted by atomic mass is 19.1. The summed E-state index contributed by atoms with van der Waals surface area (Å²) in [7, 11) is 0. The average Bonchev–Trinajstić information content (AvgIpc) is 3.44. The van der Waals surface area contributed by atoms with E-state index in [0.717, 1.165) is 35.3 Å². The van der Waals surface area contributed by atoms with Crippen molar-refractivity contribution in [3.05, 3.63) is 89.3 Å². The lowest BCUT2D eigenvalue weighted by atomic mass is 9.74. The van der Waals surface area contributed by atoms with Gasteiger partial charge in [-0.05, 0) is 70.6 Å². The molecule has 2 heterocycles. The summed E-state index contributed by atoms with van der Waals surface area (Å²) in [5.41, 5.74) is 4.41. The Kier molecular flexibility index (Phi) is 5.24. The summed E-state index contributed by atoms with van der Waals surface area (Å²) >= 11 is 0. The molecule has 0 bridgehead atoms. The predicted molar refractivity (Wildman–Crippen MR) is 119 cm³/mol. The zero-order valence-electron chi connectivity index (χ0n) is 18.4. The summed E-state index contributed by atoms with van der Waals surface area (Å²) in [5.74, 6) is -0.415. The van der Waals surface area contributed by atoms with Crippen molar-refractivity contribution in [3.8, 4) is 5.69 Å². The van der Waals surface area contributed by atoms with Crippen LogP contribution >= 0.6 is 0 Å². The van der Waals surface area contributed by atoms with Gasteiger partial charge in [0.2, 0.25) is 0 Å². The lowest BCUT2D eigenvalue weighted by molar-refractivity contribution is 0.0919. The number of tetrazole rings is 1. The largest absolute Gasteiger partial charge is 0.345 e. The normalized spacial score (nSPS) is 16.9. The molecule has 0 saturated carbocycles. The third-order valence-corrected chi connectivity index (χ3v) is 6.01. The van der Waals surface area contributed by atoms with E-state index in [0.29, 0.717) is 12.1 Å². The van der Waals surface area contributed by atoms with Crippen molar-refractivity contribution >= 4 is 5.91 Å². The number of benzene rings is 2. The van der Waals surface area contributed by atoms with Gasteiger partial charge < -0.3 is 5.32 Å². The Labute approximate surface area is 190 Å². The van der Waals surface area contributed by atoms with Gasteiger partial charge in [0.1, 0.15) is 12.1 Å². The van der Waals surface area contributed by atoms with Gasteiger partial charge in [0, 0.05) is 11.1 Å². The molecule has 2 aromatic carbocycles. The van der Waals surface area contributed by atoms with Crippen molar-refractivity contribution in [2.75, 3.05) is 0 Å². The molecule has 9 heteroatoms. The second-order valence-corrected chi connectivity index (χ2v) is 9.21. The van der Waals surface area contributed by atoms with Gasteiger partial charge in [-0.25, -0.2) is 13.8 Å². The fraction of sp³-hybridized carbons (Fsp3) is 0.292. The number of hydrogen-bond acceptors (Lipinski definition) is 5. The number of aromatic nitrogens is 6. The monoisotopic (exact) mass is 445 g/mol. The SMILES string of the molecule is CC1(C)Cc2c(cnn2-c2ccc(F)cc2)[C@H](NC(=O)c2ccc(Cn3cnnn3)cc2)C1. The first-order chi connectivity index (χ1) is 15.9. The molecule has 0 fully saturated rings. The lowest BCUT2D eigenvalue weighted by Crippen LogP contribution is -2.36. The Hall–Kier alpha value is -3.88. The van der Waals surface area contributed by atoms with Gasteiger partial charge in [-0.1, -0.05) is 26.0 Å². The molecule has 2 aromatic heterocycles. The van der Waals surface area contributed by atoms with Crippen LogP contribution in [0, 0.1) is 11.2 Å². The Bertz CT molecular complexity index is 1260. The van der Waals surface area contributed by atoms with E-state index in [4.69, 9.17) is 0 Å². The van der Waals surface area contributed by atoms with Crippen LogP contribution < -0.4 is 5.32 Å². The number of carbonyl (C=O) groups excluding carboxylic acids is 1. The van der Waals surface area contributed by atoms with Crippen LogP contribution in [0.5, 0.6) is 0 Å². The molecule has 8 nitrogen and oxygen atoms in total. The number of rotatable bonds is 5. The third-order valence-electron chi connectivity index (χ3n) is 6.01. The molecule has 1 amide bonds. The van der Waals surface area contributed by atoms with Crippen LogP contribution in [0.1, 0.15) is 53.5 Å². The molecule has 1 N–H and O–H groups in total. The maximum atomic E-state index is 13.4. The number of fused-ring (bicyclic) bond motifs is 1. The molecule has 168 valence electrons. The Morgan fingerprint density at radius 2 is 1.91 bits per heavy atom. The molecular formula is C24H24FN7O. The van der Waals surface area contributed by atoms with E-state index in [9.17, 15) is 9.18 Å². The number of nitrogens with zero attached hydrogens (tertiary/aromatic N) is 6. The number of nitrogens with one attached hydrogen (secondary N) is 1. The van der Waals surface area contributed by atoms with E-state index in [1.807, 2.05) is 35.1 Å².